The molecule has 1 rings (SSSR count). The van der Waals surface area contributed by atoms with E-state index in [9.17, 15) is 4.79 Å². The van der Waals surface area contributed by atoms with E-state index in [0.29, 0.717) is 18.3 Å². The van der Waals surface area contributed by atoms with E-state index in [-0.39, 0.29) is 5.97 Å². The van der Waals surface area contributed by atoms with Crippen molar-refractivity contribution in [2.75, 3.05) is 6.61 Å². The highest BCUT2D eigenvalue weighted by molar-refractivity contribution is 8.00. The number of carbonyl (C=O) groups excluding carboxylic acids is 1. The van der Waals surface area contributed by atoms with Crippen LogP contribution >= 0.6 is 11.8 Å². The van der Waals surface area contributed by atoms with Crippen molar-refractivity contribution in [3.63, 3.8) is 0 Å². The summed E-state index contributed by atoms with van der Waals surface area (Å²) < 4.78 is 4.92. The van der Waals surface area contributed by atoms with Gasteiger partial charge in [-0.1, -0.05) is 13.8 Å². The molecule has 2 nitrogen and oxygen atoms in total. The van der Waals surface area contributed by atoms with Crippen molar-refractivity contribution in [1.29, 1.82) is 0 Å². The Morgan fingerprint density at radius 3 is 2.71 bits per heavy atom. The lowest BCUT2D eigenvalue weighted by Gasteiger charge is -2.13. The summed E-state index contributed by atoms with van der Waals surface area (Å²) in [7, 11) is 0. The zero-order valence-corrected chi connectivity index (χ0v) is 10.1. The molecular weight excluding hydrogens is 196 g/mol. The second-order valence-electron chi connectivity index (χ2n) is 4.04. The first-order valence-corrected chi connectivity index (χ1v) is 6.38. The van der Waals surface area contributed by atoms with Crippen LogP contribution in [0.5, 0.6) is 0 Å². The maximum Gasteiger partial charge on any atom is 0.305 e. The van der Waals surface area contributed by atoms with Crippen LogP contribution in [0.3, 0.4) is 0 Å². The van der Waals surface area contributed by atoms with Crippen molar-refractivity contribution in [2.45, 2.75) is 50.5 Å². The molecule has 14 heavy (non-hydrogen) atoms. The van der Waals surface area contributed by atoms with Crippen LogP contribution in [0.1, 0.15) is 40.0 Å². The highest BCUT2D eigenvalue weighted by atomic mass is 32.2. The van der Waals surface area contributed by atoms with Crippen molar-refractivity contribution in [2.24, 2.45) is 5.92 Å². The summed E-state index contributed by atoms with van der Waals surface area (Å²) in [6.07, 6.45) is 2.86. The van der Waals surface area contributed by atoms with E-state index in [1.165, 1.54) is 6.42 Å². The van der Waals surface area contributed by atoms with Gasteiger partial charge in [-0.25, -0.2) is 0 Å². The molecule has 0 aromatic carbocycles. The lowest BCUT2D eigenvalue weighted by molar-refractivity contribution is -0.143. The second kappa shape index (κ2) is 5.64. The maximum absolute atomic E-state index is 11.2. The van der Waals surface area contributed by atoms with E-state index in [2.05, 4.69) is 13.8 Å². The fourth-order valence-corrected chi connectivity index (χ4v) is 3.65. The molecule has 0 N–H and O–H groups in total. The van der Waals surface area contributed by atoms with E-state index in [1.807, 2.05) is 18.7 Å². The molecule has 1 saturated heterocycles. The van der Waals surface area contributed by atoms with Gasteiger partial charge in [-0.05, 0) is 25.7 Å². The monoisotopic (exact) mass is 216 g/mol. The Bertz CT molecular complexity index is 194. The molecule has 0 bridgehead atoms. The van der Waals surface area contributed by atoms with Gasteiger partial charge in [0.05, 0.1) is 6.61 Å². The van der Waals surface area contributed by atoms with Crippen molar-refractivity contribution in [3.8, 4) is 0 Å². The average Bonchev–Trinajstić information content (AvgIpc) is 2.42. The van der Waals surface area contributed by atoms with Gasteiger partial charge in [-0.2, -0.15) is 11.8 Å². The van der Waals surface area contributed by atoms with Crippen molar-refractivity contribution < 1.29 is 9.53 Å². The molecule has 3 heteroatoms. The largest absolute Gasteiger partial charge is 0.466 e. The first-order valence-electron chi connectivity index (χ1n) is 5.44. The van der Waals surface area contributed by atoms with Crippen LogP contribution in [-0.2, 0) is 9.53 Å². The molecule has 1 heterocycles. The molecule has 3 atom stereocenters. The smallest absolute Gasteiger partial charge is 0.305 e. The minimum atomic E-state index is -0.0418. The predicted octanol–water partition coefficient (Wildman–Crippen LogP) is 2.86. The molecular formula is C11H20O2S. The number of hydrogen-bond acceptors (Lipinski definition) is 3. The number of hydrogen-bond donors (Lipinski definition) is 0. The molecule has 0 radical (unpaired) electrons. The number of rotatable bonds is 4. The summed E-state index contributed by atoms with van der Waals surface area (Å²) in [6.45, 7) is 6.91. The summed E-state index contributed by atoms with van der Waals surface area (Å²) in [4.78, 5) is 11.2. The molecule has 0 aromatic heterocycles. The average molecular weight is 216 g/mol. The zero-order valence-electron chi connectivity index (χ0n) is 9.29. The van der Waals surface area contributed by atoms with Gasteiger partial charge in [0.25, 0.3) is 0 Å². The van der Waals surface area contributed by atoms with Crippen LogP contribution in [-0.4, -0.2) is 23.1 Å². The normalized spacial score (nSPS) is 31.8. The first kappa shape index (κ1) is 11.9. The van der Waals surface area contributed by atoms with Crippen LogP contribution in [0, 0.1) is 5.92 Å². The SMILES string of the molecule is CCOC(=O)CCC1SC(C)CC1C. The molecule has 0 aliphatic carbocycles. The van der Waals surface area contributed by atoms with E-state index >= 15 is 0 Å². The molecule has 1 aliphatic heterocycles. The summed E-state index contributed by atoms with van der Waals surface area (Å²) >= 11 is 2.03. The van der Waals surface area contributed by atoms with Gasteiger partial charge in [-0.3, -0.25) is 4.79 Å². The van der Waals surface area contributed by atoms with Crippen LogP contribution in [0.2, 0.25) is 0 Å². The van der Waals surface area contributed by atoms with E-state index in [0.717, 1.165) is 17.6 Å². The summed E-state index contributed by atoms with van der Waals surface area (Å²) in [5.74, 6) is 0.712. The molecule has 0 amide bonds. The summed E-state index contributed by atoms with van der Waals surface area (Å²) in [6, 6.07) is 0. The lowest BCUT2D eigenvalue weighted by atomic mass is 9.99. The van der Waals surface area contributed by atoms with Crippen molar-refractivity contribution >= 4 is 17.7 Å². The number of ether oxygens (including phenoxy) is 1. The third-order valence-corrected chi connectivity index (χ3v) is 4.39. The number of carbonyl (C=O) groups is 1. The minimum absolute atomic E-state index is 0.0418. The van der Waals surface area contributed by atoms with Crippen molar-refractivity contribution in [1.82, 2.24) is 0 Å². The van der Waals surface area contributed by atoms with Crippen molar-refractivity contribution in [3.05, 3.63) is 0 Å². The van der Waals surface area contributed by atoms with E-state index in [1.54, 1.807) is 0 Å². The van der Waals surface area contributed by atoms with Crippen LogP contribution in [0.15, 0.2) is 0 Å². The fourth-order valence-electron chi connectivity index (χ4n) is 2.01. The van der Waals surface area contributed by atoms with Gasteiger partial charge in [0.15, 0.2) is 0 Å². The van der Waals surface area contributed by atoms with Crippen LogP contribution in [0.4, 0.5) is 0 Å². The Balaban J connectivity index is 2.21. The third-order valence-electron chi connectivity index (χ3n) is 2.68. The minimum Gasteiger partial charge on any atom is -0.466 e. The molecule has 1 aliphatic rings. The zero-order chi connectivity index (χ0) is 10.6. The Hall–Kier alpha value is -0.180. The van der Waals surface area contributed by atoms with Crippen LogP contribution in [0.25, 0.3) is 0 Å². The predicted molar refractivity (Wildman–Crippen MR) is 60.5 cm³/mol. The first-order chi connectivity index (χ1) is 6.63. The quantitative estimate of drug-likeness (QED) is 0.676. The Kier molecular flexibility index (Phi) is 4.79. The second-order valence-corrected chi connectivity index (χ2v) is 5.72. The summed E-state index contributed by atoms with van der Waals surface area (Å²) in [5.41, 5.74) is 0. The molecule has 0 spiro atoms. The molecule has 3 unspecified atom stereocenters. The number of esters is 1. The van der Waals surface area contributed by atoms with Gasteiger partial charge in [-0.15, -0.1) is 0 Å². The van der Waals surface area contributed by atoms with Gasteiger partial charge >= 0.3 is 5.97 Å². The molecule has 0 saturated carbocycles. The Morgan fingerprint density at radius 1 is 1.50 bits per heavy atom. The third kappa shape index (κ3) is 3.52. The molecule has 0 aromatic rings. The molecule has 1 fully saturated rings. The summed E-state index contributed by atoms with van der Waals surface area (Å²) in [5, 5.41) is 1.42. The van der Waals surface area contributed by atoms with Gasteiger partial charge in [0, 0.05) is 16.9 Å². The lowest BCUT2D eigenvalue weighted by Crippen LogP contribution is -2.12. The van der Waals surface area contributed by atoms with Crippen LogP contribution < -0.4 is 0 Å². The highest BCUT2D eigenvalue weighted by Gasteiger charge is 2.29. The maximum atomic E-state index is 11.2. The van der Waals surface area contributed by atoms with E-state index < -0.39 is 0 Å². The molecule has 82 valence electrons. The van der Waals surface area contributed by atoms with E-state index in [4.69, 9.17) is 4.74 Å². The Morgan fingerprint density at radius 2 is 2.21 bits per heavy atom. The highest BCUT2D eigenvalue weighted by Crippen LogP contribution is 2.40. The van der Waals surface area contributed by atoms with Gasteiger partial charge < -0.3 is 4.74 Å². The van der Waals surface area contributed by atoms with Gasteiger partial charge in [0.2, 0.25) is 0 Å². The standard InChI is InChI=1S/C11H20O2S/c1-4-13-11(12)6-5-10-8(2)7-9(3)14-10/h8-10H,4-7H2,1-3H3. The fraction of sp³-hybridized carbons (Fsp3) is 0.909. The van der Waals surface area contributed by atoms with Gasteiger partial charge in [0.1, 0.15) is 0 Å². The topological polar surface area (TPSA) is 26.3 Å². The Labute approximate surface area is 90.8 Å². The number of thioether (sulfide) groups is 1.